The number of rotatable bonds is 0. The molecule has 54 valence electrons. The quantitative estimate of drug-likeness (QED) is 0.548. The Morgan fingerprint density at radius 2 is 2.36 bits per heavy atom. The highest BCUT2D eigenvalue weighted by Crippen LogP contribution is 2.01. The van der Waals surface area contributed by atoms with E-state index in [0.29, 0.717) is 11.1 Å². The molecule has 2 aromatic heterocycles. The van der Waals surface area contributed by atoms with Crippen LogP contribution in [0.5, 0.6) is 0 Å². The van der Waals surface area contributed by atoms with Crippen LogP contribution in [0, 0.1) is 0 Å². The molecule has 2 heterocycles. The van der Waals surface area contributed by atoms with E-state index in [1.165, 1.54) is 24.9 Å². The molecule has 0 aromatic carbocycles. The van der Waals surface area contributed by atoms with Gasteiger partial charge in [0.15, 0.2) is 11.1 Å². The van der Waals surface area contributed by atoms with Gasteiger partial charge >= 0.3 is 0 Å². The zero-order valence-corrected chi connectivity index (χ0v) is 5.52. The molecule has 4 heteroatoms. The monoisotopic (exact) mass is 148 g/mol. The van der Waals surface area contributed by atoms with Crippen molar-refractivity contribution < 1.29 is 4.42 Å². The summed E-state index contributed by atoms with van der Waals surface area (Å²) in [6.45, 7) is 0. The van der Waals surface area contributed by atoms with Gasteiger partial charge in [-0.15, -0.1) is 0 Å². The van der Waals surface area contributed by atoms with Gasteiger partial charge in [-0.25, -0.2) is 9.97 Å². The van der Waals surface area contributed by atoms with Crippen LogP contribution in [0.25, 0.3) is 11.1 Å². The van der Waals surface area contributed by atoms with Crippen molar-refractivity contribution in [2.45, 2.75) is 0 Å². The van der Waals surface area contributed by atoms with Crippen molar-refractivity contribution in [3.8, 4) is 0 Å². The molecule has 0 fully saturated rings. The predicted octanol–water partition coefficient (Wildman–Crippen LogP) is 0.583. The van der Waals surface area contributed by atoms with Crippen molar-refractivity contribution in [1.82, 2.24) is 9.97 Å². The van der Waals surface area contributed by atoms with E-state index in [1.807, 2.05) is 0 Å². The minimum Gasteiger partial charge on any atom is -0.461 e. The lowest BCUT2D eigenvalue weighted by molar-refractivity contribution is 0.599. The molecule has 0 saturated carbocycles. The molecule has 0 atom stereocenters. The van der Waals surface area contributed by atoms with Crippen LogP contribution in [0.15, 0.2) is 34.1 Å². The maximum absolute atomic E-state index is 11.0. The summed E-state index contributed by atoms with van der Waals surface area (Å²) < 4.78 is 4.97. The molecule has 0 bridgehead atoms. The van der Waals surface area contributed by atoms with Crippen LogP contribution >= 0.6 is 0 Å². The minimum absolute atomic E-state index is 0.145. The highest BCUT2D eigenvalue weighted by molar-refractivity contribution is 5.69. The van der Waals surface area contributed by atoms with Crippen molar-refractivity contribution in [1.29, 1.82) is 0 Å². The maximum Gasteiger partial charge on any atom is 0.211 e. The van der Waals surface area contributed by atoms with Gasteiger partial charge in [0.25, 0.3) is 0 Å². The van der Waals surface area contributed by atoms with Crippen LogP contribution in [0.2, 0.25) is 0 Å². The minimum atomic E-state index is -0.145. The highest BCUT2D eigenvalue weighted by atomic mass is 16.3. The summed E-state index contributed by atoms with van der Waals surface area (Å²) in [5.41, 5.74) is 0.594. The molecular weight excluding hydrogens is 144 g/mol. The Hall–Kier alpha value is -1.71. The molecule has 0 spiro atoms. The Labute approximate surface area is 61.5 Å². The third kappa shape index (κ3) is 0.881. The number of aromatic nitrogens is 2. The Morgan fingerprint density at radius 1 is 1.45 bits per heavy atom. The first-order valence-electron chi connectivity index (χ1n) is 3.05. The average Bonchev–Trinajstić information content (AvgIpc) is 2.06. The highest BCUT2D eigenvalue weighted by Gasteiger charge is 1.97. The lowest BCUT2D eigenvalue weighted by Crippen LogP contribution is -2.00. The Bertz CT molecular complexity index is 430. The number of fused-ring (bicyclic) bond motifs is 1. The summed E-state index contributed by atoms with van der Waals surface area (Å²) in [5, 5.41) is 0. The van der Waals surface area contributed by atoms with Gasteiger partial charge in [-0.1, -0.05) is 0 Å². The molecule has 11 heavy (non-hydrogen) atoms. The third-order valence-corrected chi connectivity index (χ3v) is 1.33. The first-order valence-corrected chi connectivity index (χ1v) is 3.05. The largest absolute Gasteiger partial charge is 0.461 e. The van der Waals surface area contributed by atoms with Crippen LogP contribution in [0.3, 0.4) is 0 Å². The van der Waals surface area contributed by atoms with Crippen LogP contribution in [-0.2, 0) is 0 Å². The lowest BCUT2D eigenvalue weighted by atomic mass is 10.4. The zero-order chi connectivity index (χ0) is 7.68. The molecule has 0 N–H and O–H groups in total. The molecule has 0 unspecified atom stereocenters. The molecule has 2 rings (SSSR count). The fourth-order valence-corrected chi connectivity index (χ4v) is 0.836. The summed E-state index contributed by atoms with van der Waals surface area (Å²) in [7, 11) is 0. The Morgan fingerprint density at radius 3 is 3.18 bits per heavy atom. The second-order valence-corrected chi connectivity index (χ2v) is 2.02. The summed E-state index contributed by atoms with van der Waals surface area (Å²) in [5.74, 6) is 0. The first kappa shape index (κ1) is 6.03. The molecule has 0 saturated heterocycles. The molecule has 0 aliphatic rings. The molecule has 0 radical (unpaired) electrons. The molecule has 4 nitrogen and oxygen atoms in total. The van der Waals surface area contributed by atoms with Crippen molar-refractivity contribution in [3.05, 3.63) is 35.1 Å². The summed E-state index contributed by atoms with van der Waals surface area (Å²) in [6.07, 6.45) is 4.11. The van der Waals surface area contributed by atoms with Crippen molar-refractivity contribution in [3.63, 3.8) is 0 Å². The van der Waals surface area contributed by atoms with E-state index >= 15 is 0 Å². The third-order valence-electron chi connectivity index (χ3n) is 1.33. The summed E-state index contributed by atoms with van der Waals surface area (Å²) in [4.78, 5) is 18.5. The van der Waals surface area contributed by atoms with Gasteiger partial charge in [-0.3, -0.25) is 4.79 Å². The normalized spacial score (nSPS) is 10.2. The van der Waals surface area contributed by atoms with Gasteiger partial charge in [-0.2, -0.15) is 0 Å². The SMILES string of the molecule is O=c1ccoc2cncnc12. The van der Waals surface area contributed by atoms with Gasteiger partial charge in [-0.05, 0) is 0 Å². The van der Waals surface area contributed by atoms with E-state index in [0.717, 1.165) is 0 Å². The number of hydrogen-bond acceptors (Lipinski definition) is 4. The van der Waals surface area contributed by atoms with E-state index in [9.17, 15) is 4.79 Å². The maximum atomic E-state index is 11.0. The van der Waals surface area contributed by atoms with Crippen LogP contribution in [0.1, 0.15) is 0 Å². The van der Waals surface area contributed by atoms with Crippen LogP contribution in [0.4, 0.5) is 0 Å². The Kier molecular flexibility index (Phi) is 1.18. The predicted molar refractivity (Wildman–Crippen MR) is 38.1 cm³/mol. The average molecular weight is 148 g/mol. The van der Waals surface area contributed by atoms with Gasteiger partial charge in [0, 0.05) is 6.07 Å². The van der Waals surface area contributed by atoms with Gasteiger partial charge in [0.2, 0.25) is 5.43 Å². The second kappa shape index (κ2) is 2.16. The molecule has 0 aliphatic carbocycles. The molecule has 0 aliphatic heterocycles. The van der Waals surface area contributed by atoms with E-state index < -0.39 is 0 Å². The second-order valence-electron chi connectivity index (χ2n) is 2.02. The Balaban J connectivity index is 3.03. The fourth-order valence-electron chi connectivity index (χ4n) is 0.836. The van der Waals surface area contributed by atoms with Crippen molar-refractivity contribution in [2.75, 3.05) is 0 Å². The zero-order valence-electron chi connectivity index (χ0n) is 5.52. The summed E-state index contributed by atoms with van der Waals surface area (Å²) >= 11 is 0. The topological polar surface area (TPSA) is 56.0 Å². The number of nitrogens with zero attached hydrogens (tertiary/aromatic N) is 2. The van der Waals surface area contributed by atoms with Crippen LogP contribution in [-0.4, -0.2) is 9.97 Å². The van der Waals surface area contributed by atoms with E-state index in [1.54, 1.807) is 0 Å². The fraction of sp³-hybridized carbons (Fsp3) is 0. The number of hydrogen-bond donors (Lipinski definition) is 0. The molecular formula is C7H4N2O2. The van der Waals surface area contributed by atoms with Crippen molar-refractivity contribution in [2.24, 2.45) is 0 Å². The summed E-state index contributed by atoms with van der Waals surface area (Å²) in [6, 6.07) is 1.33. The molecule has 2 aromatic rings. The standard InChI is InChI=1S/C7H4N2O2/c10-5-1-2-11-6-3-8-4-9-7(5)6/h1-4H. The van der Waals surface area contributed by atoms with Crippen LogP contribution < -0.4 is 5.43 Å². The van der Waals surface area contributed by atoms with E-state index in [2.05, 4.69) is 9.97 Å². The van der Waals surface area contributed by atoms with Gasteiger partial charge < -0.3 is 4.42 Å². The van der Waals surface area contributed by atoms with Crippen molar-refractivity contribution >= 4 is 11.1 Å². The van der Waals surface area contributed by atoms with E-state index in [4.69, 9.17) is 4.42 Å². The lowest BCUT2D eigenvalue weighted by Gasteiger charge is -1.89. The van der Waals surface area contributed by atoms with Gasteiger partial charge in [0.05, 0.1) is 12.5 Å². The molecule has 0 amide bonds. The first-order chi connectivity index (χ1) is 5.38. The van der Waals surface area contributed by atoms with Gasteiger partial charge in [0.1, 0.15) is 6.33 Å². The smallest absolute Gasteiger partial charge is 0.211 e. The van der Waals surface area contributed by atoms with E-state index in [-0.39, 0.29) is 5.43 Å².